The molecule has 0 radical (unpaired) electrons. The van der Waals surface area contributed by atoms with Crippen LogP contribution in [0.3, 0.4) is 0 Å². The summed E-state index contributed by atoms with van der Waals surface area (Å²) in [5.41, 5.74) is 5.64. The zero-order valence-corrected chi connectivity index (χ0v) is 6.66. The molecule has 0 saturated carbocycles. The van der Waals surface area contributed by atoms with E-state index in [1.165, 1.54) is 0 Å². The zero-order valence-electron chi connectivity index (χ0n) is 6.66. The van der Waals surface area contributed by atoms with E-state index in [1.807, 2.05) is 11.9 Å². The molecule has 3 N–H and O–H groups in total. The van der Waals surface area contributed by atoms with Crippen molar-refractivity contribution in [2.45, 2.75) is 24.9 Å². The van der Waals surface area contributed by atoms with Crippen LogP contribution in [0.4, 0.5) is 0 Å². The molecule has 4 heteroatoms. The predicted molar refractivity (Wildman–Crippen MR) is 41.3 cm³/mol. The normalized spacial score (nSPS) is 33.6. The number of carboxylic acids is 1. The van der Waals surface area contributed by atoms with Gasteiger partial charge in [0.2, 0.25) is 0 Å². The Morgan fingerprint density at radius 2 is 2.36 bits per heavy atom. The van der Waals surface area contributed by atoms with Gasteiger partial charge >= 0.3 is 5.97 Å². The number of nitrogens with two attached hydrogens (primary N) is 1. The van der Waals surface area contributed by atoms with Crippen LogP contribution in [0.2, 0.25) is 0 Å². The van der Waals surface area contributed by atoms with Crippen molar-refractivity contribution in [2.24, 2.45) is 5.73 Å². The van der Waals surface area contributed by atoms with Crippen molar-refractivity contribution in [2.75, 3.05) is 13.6 Å². The molecule has 1 saturated heterocycles. The van der Waals surface area contributed by atoms with E-state index in [0.717, 1.165) is 13.0 Å². The maximum absolute atomic E-state index is 10.6. The standard InChI is InChI=1S/C7H14N2O2/c1-9-3-2-5(8)4-6(9)7(10)11/h5-6H,2-4,8H2,1H3,(H,10,11). The summed E-state index contributed by atoms with van der Waals surface area (Å²) < 4.78 is 0. The van der Waals surface area contributed by atoms with Crippen LogP contribution in [-0.2, 0) is 4.79 Å². The Kier molecular flexibility index (Phi) is 2.46. The molecule has 0 aromatic rings. The molecule has 1 aliphatic rings. The maximum atomic E-state index is 10.6. The van der Waals surface area contributed by atoms with E-state index >= 15 is 0 Å². The number of carboxylic acid groups (broad SMARTS) is 1. The van der Waals surface area contributed by atoms with Gasteiger partial charge in [0.05, 0.1) is 0 Å². The van der Waals surface area contributed by atoms with E-state index in [0.29, 0.717) is 6.42 Å². The van der Waals surface area contributed by atoms with E-state index < -0.39 is 5.97 Å². The second-order valence-corrected chi connectivity index (χ2v) is 3.12. The van der Waals surface area contributed by atoms with E-state index in [4.69, 9.17) is 10.8 Å². The second kappa shape index (κ2) is 3.19. The van der Waals surface area contributed by atoms with Crippen LogP contribution >= 0.6 is 0 Å². The maximum Gasteiger partial charge on any atom is 0.320 e. The largest absolute Gasteiger partial charge is 0.480 e. The Hall–Kier alpha value is -0.610. The number of likely N-dealkylation sites (tertiary alicyclic amines) is 1. The summed E-state index contributed by atoms with van der Waals surface area (Å²) in [6.07, 6.45) is 1.48. The molecule has 2 atom stereocenters. The molecule has 2 unspecified atom stereocenters. The summed E-state index contributed by atoms with van der Waals surface area (Å²) >= 11 is 0. The lowest BCUT2D eigenvalue weighted by molar-refractivity contribution is -0.144. The molecule has 1 heterocycles. The minimum Gasteiger partial charge on any atom is -0.480 e. The molecule has 0 aliphatic carbocycles. The van der Waals surface area contributed by atoms with E-state index in [9.17, 15) is 4.79 Å². The molecule has 4 nitrogen and oxygen atoms in total. The Morgan fingerprint density at radius 3 is 2.82 bits per heavy atom. The van der Waals surface area contributed by atoms with E-state index in [-0.39, 0.29) is 12.1 Å². The number of hydrogen-bond acceptors (Lipinski definition) is 3. The van der Waals surface area contributed by atoms with Gasteiger partial charge in [0.25, 0.3) is 0 Å². The van der Waals surface area contributed by atoms with E-state index in [1.54, 1.807) is 0 Å². The van der Waals surface area contributed by atoms with Crippen LogP contribution < -0.4 is 5.73 Å². The third kappa shape index (κ3) is 1.91. The molecule has 0 amide bonds. The van der Waals surface area contributed by atoms with Crippen molar-refractivity contribution >= 4 is 5.97 Å². The number of aliphatic carboxylic acids is 1. The molecule has 1 fully saturated rings. The van der Waals surface area contributed by atoms with Crippen LogP contribution in [0.25, 0.3) is 0 Å². The molecular formula is C7H14N2O2. The summed E-state index contributed by atoms with van der Waals surface area (Å²) in [6.45, 7) is 0.790. The molecule has 64 valence electrons. The SMILES string of the molecule is CN1CCC(N)CC1C(=O)O. The summed E-state index contributed by atoms with van der Waals surface area (Å²) in [5, 5.41) is 8.73. The third-order valence-corrected chi connectivity index (χ3v) is 2.20. The van der Waals surface area contributed by atoms with Crippen molar-refractivity contribution in [1.29, 1.82) is 0 Å². The van der Waals surface area contributed by atoms with Crippen LogP contribution in [0.1, 0.15) is 12.8 Å². The minimum atomic E-state index is -0.761. The molecule has 1 rings (SSSR count). The number of nitrogens with zero attached hydrogens (tertiary/aromatic N) is 1. The monoisotopic (exact) mass is 158 g/mol. The minimum absolute atomic E-state index is 0.0623. The summed E-state index contributed by atoms with van der Waals surface area (Å²) in [4.78, 5) is 12.5. The number of hydrogen-bond donors (Lipinski definition) is 2. The molecule has 0 bridgehead atoms. The van der Waals surface area contributed by atoms with E-state index in [2.05, 4.69) is 0 Å². The number of rotatable bonds is 1. The van der Waals surface area contributed by atoms with Crippen molar-refractivity contribution in [3.05, 3.63) is 0 Å². The Bertz CT molecular complexity index is 161. The summed E-state index contributed by atoms with van der Waals surface area (Å²) in [7, 11) is 1.82. The zero-order chi connectivity index (χ0) is 8.43. The first-order valence-electron chi connectivity index (χ1n) is 3.80. The average Bonchev–Trinajstić information content (AvgIpc) is 1.94. The molecule has 11 heavy (non-hydrogen) atoms. The Morgan fingerprint density at radius 1 is 1.73 bits per heavy atom. The van der Waals surface area contributed by atoms with Gasteiger partial charge in [-0.2, -0.15) is 0 Å². The molecular weight excluding hydrogens is 144 g/mol. The molecule has 0 spiro atoms. The van der Waals surface area contributed by atoms with Gasteiger partial charge in [-0.05, 0) is 19.9 Å². The highest BCUT2D eigenvalue weighted by molar-refractivity contribution is 5.73. The van der Waals surface area contributed by atoms with Gasteiger partial charge in [0.15, 0.2) is 0 Å². The summed E-state index contributed by atoms with van der Waals surface area (Å²) in [5.74, 6) is -0.761. The van der Waals surface area contributed by atoms with Crippen LogP contribution in [-0.4, -0.2) is 41.7 Å². The van der Waals surface area contributed by atoms with Gasteiger partial charge in [-0.15, -0.1) is 0 Å². The lowest BCUT2D eigenvalue weighted by atomic mass is 9.99. The highest BCUT2D eigenvalue weighted by Crippen LogP contribution is 2.13. The second-order valence-electron chi connectivity index (χ2n) is 3.12. The fraction of sp³-hybridized carbons (Fsp3) is 0.857. The summed E-state index contributed by atoms with van der Waals surface area (Å²) in [6, 6.07) is -0.314. The molecule has 0 aromatic carbocycles. The van der Waals surface area contributed by atoms with Crippen molar-refractivity contribution < 1.29 is 9.90 Å². The van der Waals surface area contributed by atoms with Gasteiger partial charge in [-0.3, -0.25) is 9.69 Å². The predicted octanol–water partition coefficient (Wildman–Crippen LogP) is -0.507. The van der Waals surface area contributed by atoms with Crippen LogP contribution in [0, 0.1) is 0 Å². The Labute approximate surface area is 66.0 Å². The van der Waals surface area contributed by atoms with Gasteiger partial charge in [0.1, 0.15) is 6.04 Å². The van der Waals surface area contributed by atoms with Crippen molar-refractivity contribution in [3.63, 3.8) is 0 Å². The fourth-order valence-corrected chi connectivity index (χ4v) is 1.40. The van der Waals surface area contributed by atoms with Gasteiger partial charge in [-0.25, -0.2) is 0 Å². The number of likely N-dealkylation sites (N-methyl/N-ethyl adjacent to an activating group) is 1. The first kappa shape index (κ1) is 8.49. The lowest BCUT2D eigenvalue weighted by Gasteiger charge is -2.32. The molecule has 0 aromatic heterocycles. The van der Waals surface area contributed by atoms with Gasteiger partial charge in [-0.1, -0.05) is 0 Å². The Balaban J connectivity index is 2.54. The van der Waals surface area contributed by atoms with Crippen molar-refractivity contribution in [1.82, 2.24) is 4.90 Å². The first-order valence-corrected chi connectivity index (χ1v) is 3.80. The fourth-order valence-electron chi connectivity index (χ4n) is 1.40. The quantitative estimate of drug-likeness (QED) is 0.539. The number of carbonyl (C=O) groups is 1. The third-order valence-electron chi connectivity index (χ3n) is 2.20. The first-order chi connectivity index (χ1) is 5.11. The van der Waals surface area contributed by atoms with Gasteiger partial charge in [0, 0.05) is 12.6 Å². The highest BCUT2D eigenvalue weighted by atomic mass is 16.4. The van der Waals surface area contributed by atoms with Crippen LogP contribution in [0.5, 0.6) is 0 Å². The van der Waals surface area contributed by atoms with Crippen molar-refractivity contribution in [3.8, 4) is 0 Å². The highest BCUT2D eigenvalue weighted by Gasteiger charge is 2.28. The van der Waals surface area contributed by atoms with Gasteiger partial charge < -0.3 is 10.8 Å². The average molecular weight is 158 g/mol. The smallest absolute Gasteiger partial charge is 0.320 e. The topological polar surface area (TPSA) is 66.6 Å². The molecule has 1 aliphatic heterocycles. The number of piperidine rings is 1. The van der Waals surface area contributed by atoms with Crippen LogP contribution in [0.15, 0.2) is 0 Å². The lowest BCUT2D eigenvalue weighted by Crippen LogP contribution is -2.48.